The Hall–Kier alpha value is -4.07. The van der Waals surface area contributed by atoms with Crippen LogP contribution in [-0.4, -0.2) is 25.4 Å². The molecule has 8 heteroatoms. The lowest BCUT2D eigenvalue weighted by Crippen LogP contribution is -1.97. The molecule has 3 aromatic heterocycles. The summed E-state index contributed by atoms with van der Waals surface area (Å²) in [4.78, 5) is 16.3. The molecule has 2 aromatic carbocycles. The van der Waals surface area contributed by atoms with Crippen molar-refractivity contribution < 1.29 is 4.74 Å². The van der Waals surface area contributed by atoms with E-state index in [9.17, 15) is 4.79 Å². The Morgan fingerprint density at radius 2 is 1.90 bits per heavy atom. The molecule has 1 fully saturated rings. The average molecular weight is 398 g/mol. The van der Waals surface area contributed by atoms with Gasteiger partial charge in [0.2, 0.25) is 5.88 Å². The van der Waals surface area contributed by atoms with Crippen molar-refractivity contribution in [2.45, 2.75) is 18.8 Å². The van der Waals surface area contributed by atoms with Crippen LogP contribution < -0.4 is 15.6 Å². The maximum atomic E-state index is 11.7. The van der Waals surface area contributed by atoms with Gasteiger partial charge in [0.25, 0.3) is 5.56 Å². The van der Waals surface area contributed by atoms with Gasteiger partial charge >= 0.3 is 0 Å². The summed E-state index contributed by atoms with van der Waals surface area (Å²) in [5, 5.41) is 17.9. The molecule has 3 heterocycles. The molecule has 8 nitrogen and oxygen atoms in total. The molecule has 0 saturated heterocycles. The zero-order valence-corrected chi connectivity index (χ0v) is 15.9. The van der Waals surface area contributed by atoms with Gasteiger partial charge in [-0.3, -0.25) is 20.1 Å². The zero-order valence-electron chi connectivity index (χ0n) is 15.9. The minimum absolute atomic E-state index is 0.156. The number of aromatic amines is 3. The molecule has 4 N–H and O–H groups in total. The number of nitrogens with zero attached hydrogens (tertiary/aromatic N) is 2. The van der Waals surface area contributed by atoms with Crippen LogP contribution in [0.4, 0.5) is 11.5 Å². The standard InChI is InChI=1S/C22H18N6O2/c29-22-15-8-7-13(9-19(15)26-28-22)30-21-11-18(14-3-1-2-4-16(14)24-21)23-20-10-17(25-27-20)12-5-6-12/h1-4,7-12H,5-6H2,(H2,26,28,29)(H2,23,24,25,27). The fraction of sp³-hybridized carbons (Fsp3) is 0.136. The fourth-order valence-corrected chi connectivity index (χ4v) is 3.65. The Bertz CT molecular complexity index is 1440. The number of fused-ring (bicyclic) bond motifs is 2. The maximum Gasteiger partial charge on any atom is 0.271 e. The van der Waals surface area contributed by atoms with E-state index in [1.165, 1.54) is 18.5 Å². The van der Waals surface area contributed by atoms with Gasteiger partial charge in [-0.15, -0.1) is 0 Å². The number of ether oxygens (including phenoxy) is 1. The zero-order chi connectivity index (χ0) is 20.1. The van der Waals surface area contributed by atoms with Gasteiger partial charge in [0.05, 0.1) is 22.1 Å². The lowest BCUT2D eigenvalue weighted by Gasteiger charge is -2.11. The Labute approximate surface area is 170 Å². The minimum atomic E-state index is -0.156. The molecule has 0 amide bonds. The second-order valence-corrected chi connectivity index (χ2v) is 7.52. The summed E-state index contributed by atoms with van der Waals surface area (Å²) in [6.07, 6.45) is 2.43. The normalized spacial score (nSPS) is 13.7. The Balaban J connectivity index is 1.37. The van der Waals surface area contributed by atoms with Crippen LogP contribution >= 0.6 is 0 Å². The van der Waals surface area contributed by atoms with Gasteiger partial charge in [-0.2, -0.15) is 5.10 Å². The van der Waals surface area contributed by atoms with Crippen LogP contribution in [0.25, 0.3) is 21.8 Å². The van der Waals surface area contributed by atoms with E-state index in [-0.39, 0.29) is 5.56 Å². The van der Waals surface area contributed by atoms with Crippen LogP contribution in [0.15, 0.2) is 59.4 Å². The molecule has 1 aliphatic carbocycles. The second-order valence-electron chi connectivity index (χ2n) is 7.52. The third kappa shape index (κ3) is 2.98. The lowest BCUT2D eigenvalue weighted by atomic mass is 10.2. The highest BCUT2D eigenvalue weighted by Crippen LogP contribution is 2.40. The summed E-state index contributed by atoms with van der Waals surface area (Å²) in [5.74, 6) is 2.41. The van der Waals surface area contributed by atoms with Crippen LogP contribution in [-0.2, 0) is 0 Å². The van der Waals surface area contributed by atoms with E-state index in [1.807, 2.05) is 30.3 Å². The molecule has 1 aliphatic rings. The molecular weight excluding hydrogens is 380 g/mol. The molecule has 148 valence electrons. The summed E-state index contributed by atoms with van der Waals surface area (Å²) < 4.78 is 6.02. The third-order valence-corrected chi connectivity index (χ3v) is 5.34. The van der Waals surface area contributed by atoms with Gasteiger partial charge in [0, 0.05) is 35.2 Å². The number of hydrogen-bond donors (Lipinski definition) is 4. The molecule has 0 atom stereocenters. The molecule has 1 saturated carbocycles. The summed E-state index contributed by atoms with van der Waals surface area (Å²) >= 11 is 0. The number of aromatic nitrogens is 5. The van der Waals surface area contributed by atoms with Crippen molar-refractivity contribution in [1.29, 1.82) is 0 Å². The smallest absolute Gasteiger partial charge is 0.271 e. The van der Waals surface area contributed by atoms with Crippen LogP contribution in [0.1, 0.15) is 24.5 Å². The van der Waals surface area contributed by atoms with Crippen molar-refractivity contribution >= 4 is 33.3 Å². The van der Waals surface area contributed by atoms with Crippen molar-refractivity contribution in [2.24, 2.45) is 0 Å². The number of pyridine rings is 1. The number of H-pyrrole nitrogens is 3. The van der Waals surface area contributed by atoms with E-state index in [0.29, 0.717) is 28.5 Å². The number of anilines is 2. The number of para-hydroxylation sites is 1. The van der Waals surface area contributed by atoms with E-state index in [4.69, 9.17) is 4.74 Å². The van der Waals surface area contributed by atoms with E-state index in [0.717, 1.165) is 22.4 Å². The van der Waals surface area contributed by atoms with Crippen molar-refractivity contribution in [3.8, 4) is 11.6 Å². The molecular formula is C22H18N6O2. The molecule has 0 aliphatic heterocycles. The van der Waals surface area contributed by atoms with Gasteiger partial charge in [-0.05, 0) is 31.0 Å². The molecule has 5 aromatic rings. The highest BCUT2D eigenvalue weighted by molar-refractivity contribution is 5.93. The first-order chi connectivity index (χ1) is 14.7. The summed E-state index contributed by atoms with van der Waals surface area (Å²) in [7, 11) is 0. The van der Waals surface area contributed by atoms with Gasteiger partial charge in [-0.1, -0.05) is 18.2 Å². The van der Waals surface area contributed by atoms with Crippen LogP contribution in [0, 0.1) is 0 Å². The first-order valence-corrected chi connectivity index (χ1v) is 9.83. The summed E-state index contributed by atoms with van der Waals surface area (Å²) in [6, 6.07) is 17.0. The first-order valence-electron chi connectivity index (χ1n) is 9.83. The maximum absolute atomic E-state index is 11.7. The van der Waals surface area contributed by atoms with Crippen LogP contribution in [0.2, 0.25) is 0 Å². The van der Waals surface area contributed by atoms with E-state index in [2.05, 4.69) is 36.8 Å². The fourth-order valence-electron chi connectivity index (χ4n) is 3.65. The lowest BCUT2D eigenvalue weighted by molar-refractivity contribution is 0.466. The third-order valence-electron chi connectivity index (χ3n) is 5.34. The predicted octanol–water partition coefficient (Wildman–Crippen LogP) is 4.54. The van der Waals surface area contributed by atoms with Gasteiger partial charge < -0.3 is 10.1 Å². The molecule has 0 unspecified atom stereocenters. The largest absolute Gasteiger partial charge is 0.439 e. The monoisotopic (exact) mass is 398 g/mol. The minimum Gasteiger partial charge on any atom is -0.439 e. The number of benzene rings is 2. The second kappa shape index (κ2) is 6.48. The van der Waals surface area contributed by atoms with Crippen molar-refractivity contribution in [2.75, 3.05) is 5.32 Å². The van der Waals surface area contributed by atoms with Gasteiger partial charge in [-0.25, -0.2) is 4.98 Å². The Morgan fingerprint density at radius 1 is 1.00 bits per heavy atom. The Morgan fingerprint density at radius 3 is 2.80 bits per heavy atom. The highest BCUT2D eigenvalue weighted by atomic mass is 16.5. The van der Waals surface area contributed by atoms with Gasteiger partial charge in [0.15, 0.2) is 5.82 Å². The van der Waals surface area contributed by atoms with Crippen LogP contribution in [0.3, 0.4) is 0 Å². The molecule has 0 spiro atoms. The van der Waals surface area contributed by atoms with E-state index in [1.54, 1.807) is 18.2 Å². The number of nitrogens with one attached hydrogen (secondary N) is 4. The topological polar surface area (TPSA) is 111 Å². The Kier molecular flexibility index (Phi) is 3.64. The average Bonchev–Trinajstić information content (AvgIpc) is 3.40. The SMILES string of the molecule is O=c1[nH][nH]c2cc(Oc3cc(Nc4cc(C5CC5)[nH]n4)c4ccccc4n3)ccc12. The number of hydrogen-bond acceptors (Lipinski definition) is 5. The number of rotatable bonds is 5. The molecule has 30 heavy (non-hydrogen) atoms. The van der Waals surface area contributed by atoms with E-state index < -0.39 is 0 Å². The van der Waals surface area contributed by atoms with E-state index >= 15 is 0 Å². The summed E-state index contributed by atoms with van der Waals surface area (Å²) in [6.45, 7) is 0. The molecule has 0 bridgehead atoms. The first kappa shape index (κ1) is 16.8. The quantitative estimate of drug-likeness (QED) is 0.347. The van der Waals surface area contributed by atoms with Crippen LogP contribution in [0.5, 0.6) is 11.6 Å². The van der Waals surface area contributed by atoms with Crippen molar-refractivity contribution in [1.82, 2.24) is 25.4 Å². The van der Waals surface area contributed by atoms with Crippen molar-refractivity contribution in [3.63, 3.8) is 0 Å². The van der Waals surface area contributed by atoms with Gasteiger partial charge in [0.1, 0.15) is 5.75 Å². The molecule has 0 radical (unpaired) electrons. The summed E-state index contributed by atoms with van der Waals surface area (Å²) in [5.41, 5.74) is 3.37. The highest BCUT2D eigenvalue weighted by Gasteiger charge is 2.25. The predicted molar refractivity (Wildman–Crippen MR) is 115 cm³/mol. The van der Waals surface area contributed by atoms with Crippen molar-refractivity contribution in [3.05, 3.63) is 70.6 Å². The molecule has 6 rings (SSSR count).